The number of rotatable bonds is 7. The van der Waals surface area contributed by atoms with Crippen LogP contribution in [0.5, 0.6) is 11.5 Å². The van der Waals surface area contributed by atoms with Crippen molar-refractivity contribution in [3.63, 3.8) is 0 Å². The summed E-state index contributed by atoms with van der Waals surface area (Å²) in [6.45, 7) is 3.11. The lowest BCUT2D eigenvalue weighted by Gasteiger charge is -2.26. The van der Waals surface area contributed by atoms with Crippen molar-refractivity contribution in [2.75, 3.05) is 19.1 Å². The van der Waals surface area contributed by atoms with Crippen LogP contribution < -0.4 is 14.4 Å². The Morgan fingerprint density at radius 2 is 1.29 bits per heavy atom. The highest BCUT2D eigenvalue weighted by molar-refractivity contribution is 9.10. The van der Waals surface area contributed by atoms with Gasteiger partial charge < -0.3 is 14.4 Å². The van der Waals surface area contributed by atoms with Gasteiger partial charge in [-0.15, -0.1) is 0 Å². The first-order chi connectivity index (χ1) is 13.5. The van der Waals surface area contributed by atoms with Gasteiger partial charge >= 0.3 is 0 Å². The van der Waals surface area contributed by atoms with Crippen molar-refractivity contribution in [3.8, 4) is 11.5 Å². The first kappa shape index (κ1) is 20.2. The zero-order valence-electron chi connectivity index (χ0n) is 16.2. The van der Waals surface area contributed by atoms with Crippen LogP contribution in [-0.4, -0.2) is 14.2 Å². The van der Waals surface area contributed by atoms with E-state index < -0.39 is 0 Å². The van der Waals surface area contributed by atoms with E-state index in [0.29, 0.717) is 23.2 Å². The van der Waals surface area contributed by atoms with E-state index in [1.54, 1.807) is 20.3 Å². The molecular weight excluding hydrogens is 421 g/mol. The van der Waals surface area contributed by atoms with E-state index in [2.05, 4.69) is 15.9 Å². The molecule has 0 atom stereocenters. The van der Waals surface area contributed by atoms with Gasteiger partial charge in [-0.1, -0.05) is 24.3 Å². The lowest BCUT2D eigenvalue weighted by Crippen LogP contribution is -2.23. The van der Waals surface area contributed by atoms with E-state index in [-0.39, 0.29) is 5.82 Å². The molecule has 3 rings (SSSR count). The fraction of sp³-hybridized carbons (Fsp3) is 0.217. The Hall–Kier alpha value is -2.53. The molecule has 3 nitrogen and oxygen atoms in total. The normalized spacial score (nSPS) is 10.6. The van der Waals surface area contributed by atoms with Crippen LogP contribution in [0, 0.1) is 12.7 Å². The molecule has 0 aliphatic rings. The number of benzene rings is 3. The lowest BCUT2D eigenvalue weighted by atomic mass is 10.1. The number of methoxy groups -OCH3 is 2. The van der Waals surface area contributed by atoms with Gasteiger partial charge in [0.05, 0.1) is 24.4 Å². The topological polar surface area (TPSA) is 21.7 Å². The summed E-state index contributed by atoms with van der Waals surface area (Å²) < 4.78 is 25.9. The van der Waals surface area contributed by atoms with Gasteiger partial charge in [-0.05, 0) is 75.9 Å². The highest BCUT2D eigenvalue weighted by atomic mass is 79.9. The number of hydrogen-bond acceptors (Lipinski definition) is 3. The Labute approximate surface area is 173 Å². The molecule has 28 heavy (non-hydrogen) atoms. The Bertz CT molecular complexity index is 877. The van der Waals surface area contributed by atoms with Crippen molar-refractivity contribution in [2.45, 2.75) is 20.0 Å². The summed E-state index contributed by atoms with van der Waals surface area (Å²) in [5.41, 5.74) is 3.72. The van der Waals surface area contributed by atoms with E-state index in [0.717, 1.165) is 28.2 Å². The van der Waals surface area contributed by atoms with Crippen LogP contribution in [0.1, 0.15) is 16.7 Å². The predicted octanol–water partition coefficient (Wildman–Crippen LogP) is 6.12. The van der Waals surface area contributed by atoms with Gasteiger partial charge in [0.15, 0.2) is 5.82 Å². The fourth-order valence-electron chi connectivity index (χ4n) is 3.07. The fourth-order valence-corrected chi connectivity index (χ4v) is 3.63. The van der Waals surface area contributed by atoms with E-state index in [1.807, 2.05) is 66.4 Å². The number of ether oxygens (including phenoxy) is 2. The summed E-state index contributed by atoms with van der Waals surface area (Å²) in [4.78, 5) is 2.04. The largest absolute Gasteiger partial charge is 0.497 e. The number of aryl methyl sites for hydroxylation is 1. The third kappa shape index (κ3) is 4.84. The maximum atomic E-state index is 14.9. The molecule has 146 valence electrons. The molecule has 5 heteroatoms. The van der Waals surface area contributed by atoms with Crippen molar-refractivity contribution in [3.05, 3.63) is 87.6 Å². The summed E-state index contributed by atoms with van der Waals surface area (Å²) >= 11 is 3.34. The van der Waals surface area contributed by atoms with Crippen LogP contribution in [-0.2, 0) is 13.1 Å². The number of nitrogens with zero attached hydrogens (tertiary/aromatic N) is 1. The van der Waals surface area contributed by atoms with Gasteiger partial charge in [0.1, 0.15) is 11.5 Å². The van der Waals surface area contributed by atoms with Crippen LogP contribution in [0.15, 0.2) is 65.1 Å². The minimum absolute atomic E-state index is 0.257. The second-order valence-corrected chi connectivity index (χ2v) is 7.49. The average molecular weight is 444 g/mol. The summed E-state index contributed by atoms with van der Waals surface area (Å²) in [6, 6.07) is 19.4. The number of anilines is 1. The number of hydrogen-bond donors (Lipinski definition) is 0. The van der Waals surface area contributed by atoms with Gasteiger partial charge in [0, 0.05) is 13.1 Å². The van der Waals surface area contributed by atoms with E-state index in [1.165, 1.54) is 0 Å². The molecule has 0 fully saturated rings. The van der Waals surface area contributed by atoms with Gasteiger partial charge in [0.25, 0.3) is 0 Å². The second-order valence-electron chi connectivity index (χ2n) is 6.63. The van der Waals surface area contributed by atoms with Crippen molar-refractivity contribution in [1.82, 2.24) is 0 Å². The van der Waals surface area contributed by atoms with Crippen LogP contribution >= 0.6 is 15.9 Å². The third-order valence-corrected chi connectivity index (χ3v) is 5.14. The Kier molecular flexibility index (Phi) is 6.57. The first-order valence-corrected chi connectivity index (χ1v) is 9.76. The van der Waals surface area contributed by atoms with Crippen LogP contribution in [0.3, 0.4) is 0 Å². The molecule has 3 aromatic rings. The molecule has 0 aromatic heterocycles. The summed E-state index contributed by atoms with van der Waals surface area (Å²) in [5.74, 6) is 1.34. The molecule has 0 amide bonds. The SMILES string of the molecule is COc1ccc(CN(Cc2ccc(OC)cc2)c2cc(C)cc(Br)c2F)cc1. The Balaban J connectivity index is 1.94. The van der Waals surface area contributed by atoms with Gasteiger partial charge in [-0.2, -0.15) is 0 Å². The van der Waals surface area contributed by atoms with Crippen molar-refractivity contribution in [2.24, 2.45) is 0 Å². The molecule has 3 aromatic carbocycles. The molecule has 0 unspecified atom stereocenters. The highest BCUT2D eigenvalue weighted by Crippen LogP contribution is 2.31. The quantitative estimate of drug-likeness (QED) is 0.438. The smallest absolute Gasteiger partial charge is 0.160 e. The molecule has 0 spiro atoms. The van der Waals surface area contributed by atoms with Crippen LogP contribution in [0.2, 0.25) is 0 Å². The molecule has 0 saturated heterocycles. The molecule has 0 aliphatic carbocycles. The molecule has 0 radical (unpaired) electrons. The maximum absolute atomic E-state index is 14.9. The molecule has 0 heterocycles. The second kappa shape index (κ2) is 9.11. The standard InChI is InChI=1S/C23H23BrFNO2/c1-16-12-21(24)23(25)22(13-16)26(14-17-4-8-19(27-2)9-5-17)15-18-6-10-20(28-3)11-7-18/h4-13H,14-15H2,1-3H3. The summed E-state index contributed by atoms with van der Waals surface area (Å²) in [7, 11) is 3.29. The molecule has 0 aliphatic heterocycles. The lowest BCUT2D eigenvalue weighted by molar-refractivity contribution is 0.414. The number of halogens is 2. The van der Waals surface area contributed by atoms with Gasteiger partial charge in [0.2, 0.25) is 0 Å². The first-order valence-electron chi connectivity index (χ1n) is 8.96. The van der Waals surface area contributed by atoms with E-state index in [9.17, 15) is 4.39 Å². The minimum Gasteiger partial charge on any atom is -0.497 e. The van der Waals surface area contributed by atoms with E-state index in [4.69, 9.17) is 9.47 Å². The van der Waals surface area contributed by atoms with Crippen LogP contribution in [0.25, 0.3) is 0 Å². The third-order valence-electron chi connectivity index (χ3n) is 4.56. The van der Waals surface area contributed by atoms with E-state index >= 15 is 0 Å². The van der Waals surface area contributed by atoms with Crippen LogP contribution in [0.4, 0.5) is 10.1 Å². The molecule has 0 N–H and O–H groups in total. The van der Waals surface area contributed by atoms with Gasteiger partial charge in [-0.25, -0.2) is 4.39 Å². The highest BCUT2D eigenvalue weighted by Gasteiger charge is 2.16. The molecule has 0 saturated carbocycles. The summed E-state index contributed by atoms with van der Waals surface area (Å²) in [5, 5.41) is 0. The van der Waals surface area contributed by atoms with Crippen molar-refractivity contribution < 1.29 is 13.9 Å². The predicted molar refractivity (Wildman–Crippen MR) is 115 cm³/mol. The summed E-state index contributed by atoms with van der Waals surface area (Å²) in [6.07, 6.45) is 0. The average Bonchev–Trinajstić information content (AvgIpc) is 2.71. The molecular formula is C23H23BrFNO2. The zero-order valence-corrected chi connectivity index (χ0v) is 17.8. The maximum Gasteiger partial charge on any atom is 0.160 e. The Morgan fingerprint density at radius 1 is 0.821 bits per heavy atom. The van der Waals surface area contributed by atoms with Gasteiger partial charge in [-0.3, -0.25) is 0 Å². The monoisotopic (exact) mass is 443 g/mol. The zero-order chi connectivity index (χ0) is 20.1. The molecule has 0 bridgehead atoms. The Morgan fingerprint density at radius 3 is 1.71 bits per heavy atom. The van der Waals surface area contributed by atoms with Crippen molar-refractivity contribution >= 4 is 21.6 Å². The van der Waals surface area contributed by atoms with Crippen molar-refractivity contribution in [1.29, 1.82) is 0 Å². The minimum atomic E-state index is -0.257.